The molecule has 1 fully saturated rings. The largest absolute Gasteiger partial charge is 0.573 e. The number of hydrogen-bond donors (Lipinski definition) is 2. The second kappa shape index (κ2) is 10.7. The van der Waals surface area contributed by atoms with Crippen molar-refractivity contribution in [2.75, 3.05) is 25.0 Å². The van der Waals surface area contributed by atoms with Gasteiger partial charge in [0.2, 0.25) is 5.91 Å². The molecule has 176 valence electrons. The van der Waals surface area contributed by atoms with Crippen LogP contribution in [-0.2, 0) is 14.4 Å². The summed E-state index contributed by atoms with van der Waals surface area (Å²) >= 11 is 0. The normalized spacial score (nSPS) is 14.8. The molecule has 0 bridgehead atoms. The number of hydrogen-bond acceptors (Lipinski definition) is 5. The summed E-state index contributed by atoms with van der Waals surface area (Å²) in [5, 5.41) is 4.86. The van der Waals surface area contributed by atoms with Crippen LogP contribution in [0, 0.1) is 5.92 Å². The molecule has 2 N–H and O–H groups in total. The van der Waals surface area contributed by atoms with Gasteiger partial charge in [0.25, 0.3) is 0 Å². The van der Waals surface area contributed by atoms with Crippen molar-refractivity contribution in [2.45, 2.75) is 19.2 Å². The third kappa shape index (κ3) is 7.70. The van der Waals surface area contributed by atoms with Gasteiger partial charge < -0.3 is 24.7 Å². The van der Waals surface area contributed by atoms with Gasteiger partial charge in [-0.25, -0.2) is 0 Å². The van der Waals surface area contributed by atoms with Crippen LogP contribution in [0.5, 0.6) is 5.75 Å². The molecular formula is C22H22F3N3O5. The summed E-state index contributed by atoms with van der Waals surface area (Å²) in [5.74, 6) is -1.66. The third-order valence-corrected chi connectivity index (χ3v) is 4.96. The van der Waals surface area contributed by atoms with E-state index in [0.717, 1.165) is 12.1 Å². The van der Waals surface area contributed by atoms with Crippen LogP contribution in [0.1, 0.15) is 18.6 Å². The predicted octanol–water partition coefficient (Wildman–Crippen LogP) is 3.18. The average Bonchev–Trinajstić information content (AvgIpc) is 3.30. The highest BCUT2D eigenvalue weighted by Gasteiger charge is 2.31. The molecular weight excluding hydrogens is 443 g/mol. The van der Waals surface area contributed by atoms with Crippen molar-refractivity contribution in [3.8, 4) is 5.75 Å². The minimum Gasteiger partial charge on any atom is -0.465 e. The molecule has 1 aromatic carbocycles. The quantitative estimate of drug-likeness (QED) is 0.504. The lowest BCUT2D eigenvalue weighted by Gasteiger charge is -2.31. The van der Waals surface area contributed by atoms with Gasteiger partial charge in [-0.1, -0.05) is 0 Å². The summed E-state index contributed by atoms with van der Waals surface area (Å²) in [4.78, 5) is 38.0. The van der Waals surface area contributed by atoms with Crippen molar-refractivity contribution in [2.24, 2.45) is 5.92 Å². The smallest absolute Gasteiger partial charge is 0.465 e. The molecule has 0 saturated carbocycles. The molecule has 0 unspecified atom stereocenters. The van der Waals surface area contributed by atoms with Crippen LogP contribution < -0.4 is 15.4 Å². The van der Waals surface area contributed by atoms with Crippen molar-refractivity contribution in [3.05, 3.63) is 54.5 Å². The van der Waals surface area contributed by atoms with E-state index in [1.54, 1.807) is 23.1 Å². The lowest BCUT2D eigenvalue weighted by molar-refractivity contribution is -0.274. The SMILES string of the molecule is O=C(NCC1CCN(C(=O)C=Cc2ccco2)CC1)C(=O)Nc1ccc(OC(F)(F)F)cc1. The van der Waals surface area contributed by atoms with Gasteiger partial charge in [-0.15, -0.1) is 13.2 Å². The first-order chi connectivity index (χ1) is 15.7. The van der Waals surface area contributed by atoms with Crippen molar-refractivity contribution in [3.63, 3.8) is 0 Å². The zero-order valence-corrected chi connectivity index (χ0v) is 17.4. The van der Waals surface area contributed by atoms with Gasteiger partial charge >= 0.3 is 18.2 Å². The Morgan fingerprint density at radius 3 is 2.39 bits per heavy atom. The van der Waals surface area contributed by atoms with E-state index in [-0.39, 0.29) is 24.1 Å². The zero-order chi connectivity index (χ0) is 23.8. The van der Waals surface area contributed by atoms with Crippen molar-refractivity contribution in [1.82, 2.24) is 10.2 Å². The Labute approximate surface area is 187 Å². The molecule has 3 rings (SSSR count). The maximum absolute atomic E-state index is 12.2. The molecule has 0 aliphatic carbocycles. The van der Waals surface area contributed by atoms with E-state index in [4.69, 9.17) is 4.42 Å². The number of likely N-dealkylation sites (tertiary alicyclic amines) is 1. The minimum atomic E-state index is -4.81. The third-order valence-electron chi connectivity index (χ3n) is 4.96. The fourth-order valence-corrected chi connectivity index (χ4v) is 3.25. The molecule has 1 aliphatic rings. The summed E-state index contributed by atoms with van der Waals surface area (Å²) in [6.07, 6.45) is 1.10. The number of benzene rings is 1. The Balaban J connectivity index is 1.37. The highest BCUT2D eigenvalue weighted by Crippen LogP contribution is 2.24. The van der Waals surface area contributed by atoms with E-state index >= 15 is 0 Å². The molecule has 2 heterocycles. The predicted molar refractivity (Wildman–Crippen MR) is 112 cm³/mol. The number of nitrogens with one attached hydrogen (secondary N) is 2. The highest BCUT2D eigenvalue weighted by atomic mass is 19.4. The van der Waals surface area contributed by atoms with E-state index in [1.165, 1.54) is 24.5 Å². The first-order valence-electron chi connectivity index (χ1n) is 10.1. The molecule has 2 aromatic rings. The number of ether oxygens (including phenoxy) is 1. The number of carbonyl (C=O) groups excluding carboxylic acids is 3. The fraction of sp³-hybridized carbons (Fsp3) is 0.318. The molecule has 11 heteroatoms. The number of anilines is 1. The molecule has 0 spiro atoms. The molecule has 3 amide bonds. The number of amides is 3. The van der Waals surface area contributed by atoms with Crippen LogP contribution in [0.4, 0.5) is 18.9 Å². The monoisotopic (exact) mass is 465 g/mol. The number of halogens is 3. The maximum Gasteiger partial charge on any atom is 0.573 e. The van der Waals surface area contributed by atoms with Crippen LogP contribution >= 0.6 is 0 Å². The number of nitrogens with zero attached hydrogens (tertiary/aromatic N) is 1. The molecule has 8 nitrogen and oxygen atoms in total. The Kier molecular flexibility index (Phi) is 7.75. The molecule has 1 aromatic heterocycles. The van der Waals surface area contributed by atoms with Crippen molar-refractivity contribution >= 4 is 29.5 Å². The lowest BCUT2D eigenvalue weighted by Crippen LogP contribution is -2.43. The standard InChI is InChI=1S/C22H22F3N3O5/c23-22(24,25)33-18-5-3-16(4-6-18)27-21(31)20(30)26-14-15-9-11-28(12-10-15)19(29)8-7-17-2-1-13-32-17/h1-8,13,15H,9-12,14H2,(H,26,30)(H,27,31). The molecule has 0 atom stereocenters. The molecule has 1 saturated heterocycles. The van der Waals surface area contributed by atoms with Gasteiger partial charge in [0.1, 0.15) is 11.5 Å². The number of alkyl halides is 3. The number of piperidine rings is 1. The molecule has 1 aliphatic heterocycles. The van der Waals surface area contributed by atoms with E-state index in [1.807, 2.05) is 0 Å². The van der Waals surface area contributed by atoms with E-state index in [0.29, 0.717) is 31.7 Å². The van der Waals surface area contributed by atoms with Gasteiger partial charge in [-0.2, -0.15) is 0 Å². The second-order valence-electron chi connectivity index (χ2n) is 7.35. The fourth-order valence-electron chi connectivity index (χ4n) is 3.25. The molecule has 33 heavy (non-hydrogen) atoms. The van der Waals surface area contributed by atoms with Gasteiger partial charge in [0.05, 0.1) is 6.26 Å². The van der Waals surface area contributed by atoms with Gasteiger partial charge in [-0.05, 0) is 61.2 Å². The summed E-state index contributed by atoms with van der Waals surface area (Å²) < 4.78 is 45.4. The number of rotatable bonds is 6. The summed E-state index contributed by atoms with van der Waals surface area (Å²) in [5.41, 5.74) is 0.152. The van der Waals surface area contributed by atoms with Gasteiger partial charge in [0, 0.05) is 31.4 Å². The Morgan fingerprint density at radius 1 is 1.09 bits per heavy atom. The summed E-state index contributed by atoms with van der Waals surface area (Å²) in [7, 11) is 0. The molecule has 0 radical (unpaired) electrons. The Hall–Kier alpha value is -3.76. The Morgan fingerprint density at radius 2 is 1.79 bits per heavy atom. The lowest BCUT2D eigenvalue weighted by atomic mass is 9.96. The Bertz CT molecular complexity index is 980. The first-order valence-corrected chi connectivity index (χ1v) is 10.1. The summed E-state index contributed by atoms with van der Waals surface area (Å²) in [6, 6.07) is 7.91. The van der Waals surface area contributed by atoms with Crippen LogP contribution in [-0.4, -0.2) is 48.6 Å². The zero-order valence-electron chi connectivity index (χ0n) is 17.4. The highest BCUT2D eigenvalue weighted by molar-refractivity contribution is 6.39. The minimum absolute atomic E-state index is 0.110. The van der Waals surface area contributed by atoms with Crippen molar-refractivity contribution < 1.29 is 36.7 Å². The van der Waals surface area contributed by atoms with E-state index < -0.39 is 23.9 Å². The van der Waals surface area contributed by atoms with Crippen LogP contribution in [0.25, 0.3) is 6.08 Å². The number of furan rings is 1. The number of carbonyl (C=O) groups is 3. The van der Waals surface area contributed by atoms with Gasteiger partial charge in [0.15, 0.2) is 0 Å². The second-order valence-corrected chi connectivity index (χ2v) is 7.35. The van der Waals surface area contributed by atoms with Crippen molar-refractivity contribution in [1.29, 1.82) is 0 Å². The average molecular weight is 465 g/mol. The van der Waals surface area contributed by atoms with Crippen LogP contribution in [0.3, 0.4) is 0 Å². The maximum atomic E-state index is 12.2. The summed E-state index contributed by atoms with van der Waals surface area (Å²) in [6.45, 7) is 1.33. The van der Waals surface area contributed by atoms with E-state index in [9.17, 15) is 27.6 Å². The van der Waals surface area contributed by atoms with Crippen LogP contribution in [0.2, 0.25) is 0 Å². The van der Waals surface area contributed by atoms with Gasteiger partial charge in [-0.3, -0.25) is 14.4 Å². The topological polar surface area (TPSA) is 101 Å². The van der Waals surface area contributed by atoms with E-state index in [2.05, 4.69) is 15.4 Å². The first kappa shape index (κ1) is 23.9. The van der Waals surface area contributed by atoms with Crippen LogP contribution in [0.15, 0.2) is 53.2 Å².